The van der Waals surface area contributed by atoms with Crippen LogP contribution in [0.2, 0.25) is 0 Å². The van der Waals surface area contributed by atoms with Gasteiger partial charge in [0, 0.05) is 72.3 Å². The molecular weight excluding hydrogens is 396 g/mol. The molecule has 0 aromatic carbocycles. The van der Waals surface area contributed by atoms with E-state index in [0.29, 0.717) is 0 Å². The van der Waals surface area contributed by atoms with Crippen molar-refractivity contribution in [3.8, 4) is 0 Å². The summed E-state index contributed by atoms with van der Waals surface area (Å²) in [4.78, 5) is 0. The molecule has 0 heterocycles. The molecule has 0 fully saturated rings. The van der Waals surface area contributed by atoms with Crippen molar-refractivity contribution in [3.05, 3.63) is 14.9 Å². The van der Waals surface area contributed by atoms with Crippen molar-refractivity contribution in [1.29, 1.82) is 0 Å². The molecule has 0 aliphatic rings. The molecule has 0 spiro atoms. The first-order valence-electron chi connectivity index (χ1n) is 0. The van der Waals surface area contributed by atoms with E-state index in [0.717, 1.165) is 0 Å². The van der Waals surface area contributed by atoms with Gasteiger partial charge in [0.2, 0.25) is 0 Å². The van der Waals surface area contributed by atoms with E-state index in [-0.39, 0.29) is 117 Å². The van der Waals surface area contributed by atoms with E-state index >= 15 is 0 Å². The predicted molar refractivity (Wildman–Crippen MR) is 39.8 cm³/mol. The molecule has 0 aliphatic carbocycles. The van der Waals surface area contributed by atoms with Crippen LogP contribution in [0.5, 0.6) is 0 Å². The van der Waals surface area contributed by atoms with E-state index < -0.39 is 0 Å². The maximum Gasteiger partial charge on any atom is 0 e. The van der Waals surface area contributed by atoms with Gasteiger partial charge in [0.25, 0.3) is 0 Å². The van der Waals surface area contributed by atoms with Crippen LogP contribution in [0.3, 0.4) is 0 Å². The van der Waals surface area contributed by atoms with E-state index in [1.807, 2.05) is 0 Å². The summed E-state index contributed by atoms with van der Waals surface area (Å²) in [6, 6.07) is 0. The summed E-state index contributed by atoms with van der Waals surface area (Å²) in [5.74, 6) is 0. The maximum atomic E-state index is 0. The van der Waals surface area contributed by atoms with Crippen LogP contribution in [0.15, 0.2) is 0 Å². The second-order valence-corrected chi connectivity index (χ2v) is 0. The summed E-state index contributed by atoms with van der Waals surface area (Å²) in [5, 5.41) is 0. The Morgan fingerprint density at radius 3 is 0.556 bits per heavy atom. The zero-order valence-corrected chi connectivity index (χ0v) is 10.6. The Morgan fingerprint density at radius 1 is 0.556 bits per heavy atom. The molecule has 0 saturated carbocycles. The molecule has 0 unspecified atom stereocenters. The molecule has 0 amide bonds. The minimum absolute atomic E-state index is 0. The molecule has 0 aliphatic heterocycles. The smallest absolute Gasteiger partial charge is 0 e. The third-order valence-electron chi connectivity index (χ3n) is 0. The first kappa shape index (κ1) is 217. The van der Waals surface area contributed by atoms with E-state index in [1.54, 1.807) is 0 Å². The zero-order valence-electron chi connectivity index (χ0n) is 3.43. The van der Waals surface area contributed by atoms with Crippen LogP contribution < -0.4 is 0 Å². The fraction of sp³-hybridized carbons (Fsp3) is 0.667. The number of hydrogen-bond acceptors (Lipinski definition) is 0. The summed E-state index contributed by atoms with van der Waals surface area (Å²) < 4.78 is 0. The van der Waals surface area contributed by atoms with Gasteiger partial charge in [-0.05, 0) is 0 Å². The summed E-state index contributed by atoms with van der Waals surface area (Å²) in [6.45, 7) is 0. The van der Waals surface area contributed by atoms with Crippen LogP contribution in [-0.2, 0) is 72.3 Å². The van der Waals surface area contributed by atoms with Gasteiger partial charge >= 0.3 is 0 Å². The van der Waals surface area contributed by atoms with E-state index in [1.165, 1.54) is 0 Å². The molecule has 0 atom stereocenters. The Bertz CT molecular complexity index is 13.0. The first-order valence-corrected chi connectivity index (χ1v) is 0. The van der Waals surface area contributed by atoms with E-state index in [4.69, 9.17) is 0 Å². The molecule has 0 saturated heterocycles. The van der Waals surface area contributed by atoms with E-state index in [2.05, 4.69) is 0 Å². The van der Waals surface area contributed by atoms with Crippen LogP contribution in [0.1, 0.15) is 29.7 Å². The molecule has 0 nitrogen and oxygen atoms in total. The third-order valence-corrected chi connectivity index (χ3v) is 0. The first-order chi connectivity index (χ1) is 0. The molecule has 62 valence electrons. The SMILES string of the molecule is C.C.C.C.[CH3-].[CH3-].[V].[W].[Y]. The third kappa shape index (κ3) is 129. The Morgan fingerprint density at radius 2 is 0.556 bits per heavy atom. The topological polar surface area (TPSA) is 0 Å². The average molecular weight is 418 g/mol. The number of rotatable bonds is 0. The fourth-order valence-electron chi connectivity index (χ4n) is 0. The van der Waals surface area contributed by atoms with Crippen LogP contribution in [0, 0.1) is 14.9 Å². The van der Waals surface area contributed by atoms with Crippen LogP contribution in [0.25, 0.3) is 0 Å². The van der Waals surface area contributed by atoms with Gasteiger partial charge in [-0.2, -0.15) is 0 Å². The van der Waals surface area contributed by atoms with Gasteiger partial charge < -0.3 is 14.9 Å². The van der Waals surface area contributed by atoms with E-state index in [9.17, 15) is 0 Å². The molecule has 0 N–H and O–H groups in total. The summed E-state index contributed by atoms with van der Waals surface area (Å²) in [7, 11) is 0. The molecule has 0 bridgehead atoms. The second-order valence-electron chi connectivity index (χ2n) is 0. The zero-order chi connectivity index (χ0) is 0. The predicted octanol–water partition coefficient (Wildman–Crippen LogP) is 3.44. The fourth-order valence-corrected chi connectivity index (χ4v) is 0. The van der Waals surface area contributed by atoms with Crippen molar-refractivity contribution in [2.75, 3.05) is 0 Å². The minimum Gasteiger partial charge on any atom is -0.358 e. The van der Waals surface area contributed by atoms with Gasteiger partial charge in [0.1, 0.15) is 0 Å². The van der Waals surface area contributed by atoms with Crippen molar-refractivity contribution >= 4 is 0 Å². The largest absolute Gasteiger partial charge is 0.358 e. The normalized spacial score (nSPS) is 0. The van der Waals surface area contributed by atoms with Crippen LogP contribution >= 0.6 is 0 Å². The monoisotopic (exact) mass is 418 g/mol. The molecule has 0 rings (SSSR count). The summed E-state index contributed by atoms with van der Waals surface area (Å²) >= 11 is 0. The minimum atomic E-state index is 0. The maximum absolute atomic E-state index is 0. The van der Waals surface area contributed by atoms with Gasteiger partial charge in [0.05, 0.1) is 0 Å². The Hall–Kier alpha value is 2.38. The van der Waals surface area contributed by atoms with Crippen molar-refractivity contribution in [2.45, 2.75) is 29.7 Å². The molecule has 0 aromatic rings. The van der Waals surface area contributed by atoms with Crippen LogP contribution in [-0.4, -0.2) is 0 Å². The average Bonchev–Trinajstić information content (AvgIpc) is 0. The quantitative estimate of drug-likeness (QED) is 0.530. The summed E-state index contributed by atoms with van der Waals surface area (Å²) in [6.07, 6.45) is 0. The van der Waals surface area contributed by atoms with Crippen LogP contribution in [0.4, 0.5) is 0 Å². The number of hydrogen-bond donors (Lipinski definition) is 0. The van der Waals surface area contributed by atoms with Gasteiger partial charge in [0.15, 0.2) is 0 Å². The van der Waals surface area contributed by atoms with Gasteiger partial charge in [-0.15, -0.1) is 0 Å². The molecule has 0 aromatic heterocycles. The second kappa shape index (κ2) is 162. The Kier molecular flexibility index (Phi) is 3890. The standard InChI is InChI=1S/4CH4.2CH3.V.W.Y/h4*1H4;2*1H3;;;/q;;;;2*-1;;;. The van der Waals surface area contributed by atoms with Gasteiger partial charge in [-0.1, -0.05) is 29.7 Å². The Labute approximate surface area is 115 Å². The van der Waals surface area contributed by atoms with Crippen molar-refractivity contribution < 1.29 is 72.3 Å². The molecular formula is C6H22VWY-2. The molecule has 3 heteroatoms. The molecule has 9 heavy (non-hydrogen) atoms. The van der Waals surface area contributed by atoms with Crippen molar-refractivity contribution in [3.63, 3.8) is 0 Å². The van der Waals surface area contributed by atoms with Gasteiger partial charge in [-0.25, -0.2) is 0 Å². The van der Waals surface area contributed by atoms with Crippen molar-refractivity contribution in [2.24, 2.45) is 0 Å². The van der Waals surface area contributed by atoms with Gasteiger partial charge in [-0.3, -0.25) is 0 Å². The Balaban J connectivity index is 0. The van der Waals surface area contributed by atoms with Crippen molar-refractivity contribution in [1.82, 2.24) is 0 Å². The molecule has 2 radical (unpaired) electrons. The summed E-state index contributed by atoms with van der Waals surface area (Å²) in [5.41, 5.74) is 0.